The summed E-state index contributed by atoms with van der Waals surface area (Å²) in [6.45, 7) is 0. The lowest BCUT2D eigenvalue weighted by Crippen LogP contribution is -2.38. The Bertz CT molecular complexity index is 943. The number of aliphatic hydroxyl groups excluding tert-OH is 1. The maximum absolute atomic E-state index is 13.7. The highest BCUT2D eigenvalue weighted by Crippen LogP contribution is 2.65. The number of carbonyl (C=O) groups is 1. The van der Waals surface area contributed by atoms with Gasteiger partial charge in [0.1, 0.15) is 0 Å². The first-order valence-corrected chi connectivity index (χ1v) is 7.86. The van der Waals surface area contributed by atoms with E-state index < -0.39 is 29.2 Å². The number of nitrogens with one attached hydrogen (secondary N) is 1. The summed E-state index contributed by atoms with van der Waals surface area (Å²) in [4.78, 5) is 13.2. The second kappa shape index (κ2) is 4.08. The second-order valence-electron chi connectivity index (χ2n) is 6.96. The monoisotopic (exact) mass is 334 g/mol. The Morgan fingerprint density at radius 3 is 2.88 bits per heavy atom. The zero-order valence-corrected chi connectivity index (χ0v) is 12.4. The van der Waals surface area contributed by atoms with Gasteiger partial charge in [-0.15, -0.1) is 0 Å². The minimum absolute atomic E-state index is 0.000602. The number of aromatic amines is 1. The van der Waals surface area contributed by atoms with Crippen molar-refractivity contribution in [2.45, 2.75) is 31.5 Å². The molecule has 124 valence electrons. The molecule has 1 heterocycles. The fourth-order valence-electron chi connectivity index (χ4n) is 4.96. The fourth-order valence-corrected chi connectivity index (χ4v) is 4.96. The van der Waals surface area contributed by atoms with Crippen molar-refractivity contribution in [3.05, 3.63) is 35.0 Å². The van der Waals surface area contributed by atoms with Gasteiger partial charge in [-0.1, -0.05) is 6.07 Å². The van der Waals surface area contributed by atoms with Crippen LogP contribution in [0.4, 0.5) is 13.2 Å². The minimum Gasteiger partial charge on any atom is -0.388 e. The fraction of sp³-hybridized carbons (Fsp3) is 0.412. The number of halogens is 3. The van der Waals surface area contributed by atoms with E-state index in [9.17, 15) is 23.1 Å². The third kappa shape index (κ3) is 1.45. The van der Waals surface area contributed by atoms with Crippen molar-refractivity contribution in [3.8, 4) is 0 Å². The van der Waals surface area contributed by atoms with Crippen LogP contribution >= 0.6 is 0 Å². The number of aliphatic hydroxyl groups is 1. The molecule has 0 aliphatic heterocycles. The highest BCUT2D eigenvalue weighted by Gasteiger charge is 2.63. The maximum atomic E-state index is 13.7. The van der Waals surface area contributed by atoms with Gasteiger partial charge in [0.2, 0.25) is 0 Å². The quantitative estimate of drug-likeness (QED) is 0.777. The first-order chi connectivity index (χ1) is 11.3. The molecule has 4 nitrogen and oxygen atoms in total. The first kappa shape index (κ1) is 14.2. The number of allylic oxidation sites excluding steroid dienone is 1. The molecule has 1 spiro atoms. The van der Waals surface area contributed by atoms with E-state index in [1.165, 1.54) is 6.20 Å². The van der Waals surface area contributed by atoms with Crippen LogP contribution in [0.5, 0.6) is 0 Å². The third-order valence-electron chi connectivity index (χ3n) is 5.90. The summed E-state index contributed by atoms with van der Waals surface area (Å²) in [5.41, 5.74) is -0.817. The molecule has 3 atom stereocenters. The molecule has 24 heavy (non-hydrogen) atoms. The highest BCUT2D eigenvalue weighted by molar-refractivity contribution is 6.23. The number of rotatable bonds is 0. The van der Waals surface area contributed by atoms with E-state index in [1.807, 2.05) is 0 Å². The van der Waals surface area contributed by atoms with Gasteiger partial charge in [-0.05, 0) is 42.4 Å². The van der Waals surface area contributed by atoms with E-state index in [-0.39, 0.29) is 17.8 Å². The number of carbonyl (C=O) groups excluding carboxylic acids is 1. The van der Waals surface area contributed by atoms with Gasteiger partial charge in [0, 0.05) is 10.9 Å². The molecule has 3 aliphatic carbocycles. The molecule has 1 saturated carbocycles. The van der Waals surface area contributed by atoms with E-state index in [0.29, 0.717) is 34.9 Å². The SMILES string of the molecule is O=C1c2c(ccc3[nH]ncc23)C2=C(C(F)(F)F)[C@H](O)[C@@H]3CC[C@@]12C3. The van der Waals surface area contributed by atoms with Gasteiger partial charge < -0.3 is 5.11 Å². The van der Waals surface area contributed by atoms with Gasteiger partial charge in [-0.2, -0.15) is 18.3 Å². The maximum Gasteiger partial charge on any atom is 0.415 e. The third-order valence-corrected chi connectivity index (χ3v) is 5.90. The number of fused-ring (bicyclic) bond motifs is 5. The van der Waals surface area contributed by atoms with Crippen molar-refractivity contribution in [3.63, 3.8) is 0 Å². The summed E-state index contributed by atoms with van der Waals surface area (Å²) in [6, 6.07) is 3.19. The molecule has 1 fully saturated rings. The van der Waals surface area contributed by atoms with Gasteiger partial charge in [0.25, 0.3) is 0 Å². The Labute approximate surface area is 134 Å². The predicted octanol–water partition coefficient (Wildman–Crippen LogP) is 3.24. The van der Waals surface area contributed by atoms with Gasteiger partial charge in [0.15, 0.2) is 5.78 Å². The molecule has 1 aromatic carbocycles. The Morgan fingerprint density at radius 2 is 2.12 bits per heavy atom. The van der Waals surface area contributed by atoms with Crippen LogP contribution in [0, 0.1) is 11.3 Å². The summed E-state index contributed by atoms with van der Waals surface area (Å²) in [6.07, 6.45) is -3.66. The van der Waals surface area contributed by atoms with E-state index >= 15 is 0 Å². The van der Waals surface area contributed by atoms with E-state index in [4.69, 9.17) is 0 Å². The molecular formula is C17H13F3N2O2. The normalized spacial score (nSPS) is 31.8. The number of alkyl halides is 3. The van der Waals surface area contributed by atoms with Crippen LogP contribution in [0.15, 0.2) is 23.9 Å². The van der Waals surface area contributed by atoms with Crippen LogP contribution in [0.1, 0.15) is 35.2 Å². The molecule has 2 aromatic rings. The van der Waals surface area contributed by atoms with Crippen LogP contribution < -0.4 is 0 Å². The Morgan fingerprint density at radius 1 is 1.33 bits per heavy atom. The summed E-state index contributed by atoms with van der Waals surface area (Å²) < 4.78 is 41.2. The van der Waals surface area contributed by atoms with Crippen molar-refractivity contribution in [2.24, 2.45) is 11.3 Å². The molecule has 7 heteroatoms. The number of ketones is 1. The van der Waals surface area contributed by atoms with Crippen molar-refractivity contribution >= 4 is 22.3 Å². The summed E-state index contributed by atoms with van der Waals surface area (Å²) in [5.74, 6) is -0.765. The molecule has 1 aromatic heterocycles. The highest BCUT2D eigenvalue weighted by atomic mass is 19.4. The van der Waals surface area contributed by atoms with Crippen molar-refractivity contribution in [1.29, 1.82) is 0 Å². The Kier molecular flexibility index (Phi) is 2.42. The number of Topliss-reactive ketones (excluding diaryl/α,β-unsaturated/α-hetero) is 1. The van der Waals surface area contributed by atoms with Crippen LogP contribution in [0.2, 0.25) is 0 Å². The average Bonchev–Trinajstić information content (AvgIpc) is 3.18. The van der Waals surface area contributed by atoms with E-state index in [1.54, 1.807) is 12.1 Å². The van der Waals surface area contributed by atoms with Crippen LogP contribution in [0.3, 0.4) is 0 Å². The molecule has 5 rings (SSSR count). The molecule has 0 unspecified atom stereocenters. The van der Waals surface area contributed by atoms with Crippen molar-refractivity contribution in [2.75, 3.05) is 0 Å². The van der Waals surface area contributed by atoms with Crippen molar-refractivity contribution in [1.82, 2.24) is 10.2 Å². The number of benzene rings is 1. The van der Waals surface area contributed by atoms with Crippen LogP contribution in [0.25, 0.3) is 16.5 Å². The number of H-pyrrole nitrogens is 1. The summed E-state index contributed by atoms with van der Waals surface area (Å²) in [7, 11) is 0. The lowest BCUT2D eigenvalue weighted by atomic mass is 9.70. The van der Waals surface area contributed by atoms with Crippen LogP contribution in [-0.2, 0) is 0 Å². The van der Waals surface area contributed by atoms with Gasteiger partial charge in [-0.25, -0.2) is 0 Å². The molecule has 0 saturated heterocycles. The summed E-state index contributed by atoms with van der Waals surface area (Å²) >= 11 is 0. The topological polar surface area (TPSA) is 66.0 Å². The second-order valence-corrected chi connectivity index (χ2v) is 6.96. The molecule has 2 N–H and O–H groups in total. The van der Waals surface area contributed by atoms with Crippen LogP contribution in [-0.4, -0.2) is 33.4 Å². The van der Waals surface area contributed by atoms with Gasteiger partial charge in [0.05, 0.1) is 28.8 Å². The molecule has 0 radical (unpaired) electrons. The number of hydrogen-bond donors (Lipinski definition) is 2. The zero-order valence-electron chi connectivity index (χ0n) is 12.4. The van der Waals surface area contributed by atoms with Crippen molar-refractivity contribution < 1.29 is 23.1 Å². The largest absolute Gasteiger partial charge is 0.415 e. The molecule has 0 amide bonds. The smallest absolute Gasteiger partial charge is 0.388 e. The number of aromatic nitrogens is 2. The summed E-state index contributed by atoms with van der Waals surface area (Å²) in [5, 5.41) is 17.5. The van der Waals surface area contributed by atoms with E-state index in [2.05, 4.69) is 10.2 Å². The minimum atomic E-state index is -4.66. The zero-order chi connectivity index (χ0) is 16.9. The Balaban J connectivity index is 1.93. The molecular weight excluding hydrogens is 321 g/mol. The molecule has 3 aliphatic rings. The predicted molar refractivity (Wildman–Crippen MR) is 79.2 cm³/mol. The lowest BCUT2D eigenvalue weighted by molar-refractivity contribution is -0.110. The standard InChI is InChI=1S/C17H13F3N2O2/c18-17(19,20)13-12-8-1-2-10-9(6-21-22-10)11(8)15(24)16(12)4-3-7(5-16)14(13)23/h1-2,6-7,14,23H,3-5H2,(H,21,22)/t7-,14-,16+/m1/s1. The number of nitrogens with zero attached hydrogens (tertiary/aromatic N) is 1. The average molecular weight is 334 g/mol. The Hall–Kier alpha value is -2.15. The lowest BCUT2D eigenvalue weighted by Gasteiger charge is -2.35. The van der Waals surface area contributed by atoms with E-state index in [0.717, 1.165) is 0 Å². The number of hydrogen-bond acceptors (Lipinski definition) is 3. The first-order valence-electron chi connectivity index (χ1n) is 7.86. The van der Waals surface area contributed by atoms with Gasteiger partial charge >= 0.3 is 6.18 Å². The molecule has 2 bridgehead atoms. The van der Waals surface area contributed by atoms with Gasteiger partial charge in [-0.3, -0.25) is 9.89 Å².